The molecular formula is C16H29N3O6S. The maximum Gasteiger partial charge on any atom is 0.326 e. The number of hydrogen-bond acceptors (Lipinski definition) is 6. The van der Waals surface area contributed by atoms with Crippen LogP contribution in [0.1, 0.15) is 39.5 Å². The number of carboxylic acid groups (broad SMARTS) is 2. The normalized spacial score (nSPS) is 14.3. The van der Waals surface area contributed by atoms with Crippen molar-refractivity contribution in [3.05, 3.63) is 0 Å². The fraction of sp³-hybridized carbons (Fsp3) is 0.750. The van der Waals surface area contributed by atoms with Gasteiger partial charge >= 0.3 is 11.9 Å². The molecule has 0 aliphatic heterocycles. The number of carboxylic acids is 2. The predicted molar refractivity (Wildman–Crippen MR) is 98.8 cm³/mol. The van der Waals surface area contributed by atoms with Crippen LogP contribution < -0.4 is 16.4 Å². The SMILES string of the molecule is CSCC[C@H](NC(=O)[C@H](CC(C)C)NC(=O)[C@@H](N)CCC(=O)O)C(=O)O. The molecule has 3 atom stereocenters. The fourth-order valence-corrected chi connectivity index (χ4v) is 2.63. The van der Waals surface area contributed by atoms with Gasteiger partial charge in [-0.3, -0.25) is 14.4 Å². The Morgan fingerprint density at radius 2 is 1.58 bits per heavy atom. The van der Waals surface area contributed by atoms with E-state index in [4.69, 9.17) is 10.8 Å². The summed E-state index contributed by atoms with van der Waals surface area (Å²) in [6.07, 6.45) is 2.09. The summed E-state index contributed by atoms with van der Waals surface area (Å²) in [5.41, 5.74) is 5.66. The number of amides is 2. The third kappa shape index (κ3) is 10.2. The number of carbonyl (C=O) groups is 4. The number of hydrogen-bond donors (Lipinski definition) is 5. The zero-order chi connectivity index (χ0) is 20.3. The fourth-order valence-electron chi connectivity index (χ4n) is 2.16. The summed E-state index contributed by atoms with van der Waals surface area (Å²) >= 11 is 1.47. The second-order valence-electron chi connectivity index (χ2n) is 6.41. The highest BCUT2D eigenvalue weighted by Crippen LogP contribution is 2.08. The Balaban J connectivity index is 4.94. The second kappa shape index (κ2) is 12.5. The standard InChI is InChI=1S/C16H29N3O6S/c1-9(2)8-12(19-14(22)10(17)4-5-13(20)21)15(23)18-11(16(24)25)6-7-26-3/h9-12H,4-8,17H2,1-3H3,(H,18,23)(H,19,22)(H,20,21)(H,24,25)/t10-,11-,12-/m0/s1. The summed E-state index contributed by atoms with van der Waals surface area (Å²) < 4.78 is 0. The Hall–Kier alpha value is -1.81. The van der Waals surface area contributed by atoms with Crippen LogP contribution in [0, 0.1) is 5.92 Å². The molecule has 0 aliphatic carbocycles. The van der Waals surface area contributed by atoms with Gasteiger partial charge in [0.15, 0.2) is 0 Å². The van der Waals surface area contributed by atoms with Crippen LogP contribution in [-0.4, -0.2) is 64.1 Å². The van der Waals surface area contributed by atoms with Crippen LogP contribution in [0.2, 0.25) is 0 Å². The zero-order valence-electron chi connectivity index (χ0n) is 15.4. The van der Waals surface area contributed by atoms with E-state index in [1.54, 1.807) is 0 Å². The number of nitrogens with two attached hydrogens (primary N) is 1. The highest BCUT2D eigenvalue weighted by molar-refractivity contribution is 7.98. The van der Waals surface area contributed by atoms with E-state index in [2.05, 4.69) is 10.6 Å². The molecule has 0 aromatic carbocycles. The summed E-state index contributed by atoms with van der Waals surface area (Å²) in [7, 11) is 0. The lowest BCUT2D eigenvalue weighted by molar-refractivity contribution is -0.142. The van der Waals surface area contributed by atoms with E-state index in [1.165, 1.54) is 11.8 Å². The minimum absolute atomic E-state index is 0.0529. The number of aliphatic carboxylic acids is 2. The molecule has 9 nitrogen and oxygen atoms in total. The molecule has 0 unspecified atom stereocenters. The van der Waals surface area contributed by atoms with Gasteiger partial charge in [0.25, 0.3) is 0 Å². The van der Waals surface area contributed by atoms with Gasteiger partial charge in [0.2, 0.25) is 11.8 Å². The van der Waals surface area contributed by atoms with Crippen molar-refractivity contribution in [2.45, 2.75) is 57.7 Å². The average molecular weight is 391 g/mol. The van der Waals surface area contributed by atoms with Gasteiger partial charge in [-0.25, -0.2) is 4.79 Å². The molecule has 0 saturated heterocycles. The van der Waals surface area contributed by atoms with Crippen molar-refractivity contribution in [1.29, 1.82) is 0 Å². The largest absolute Gasteiger partial charge is 0.481 e. The summed E-state index contributed by atoms with van der Waals surface area (Å²) in [6.45, 7) is 3.72. The first-order valence-corrected chi connectivity index (χ1v) is 9.77. The summed E-state index contributed by atoms with van der Waals surface area (Å²) in [6, 6.07) is -3.03. The number of rotatable bonds is 13. The highest BCUT2D eigenvalue weighted by atomic mass is 32.2. The molecule has 6 N–H and O–H groups in total. The van der Waals surface area contributed by atoms with E-state index in [9.17, 15) is 24.3 Å². The van der Waals surface area contributed by atoms with Crippen LogP contribution in [0.4, 0.5) is 0 Å². The Bertz CT molecular complexity index is 500. The van der Waals surface area contributed by atoms with Gasteiger partial charge < -0.3 is 26.6 Å². The number of carbonyl (C=O) groups excluding carboxylic acids is 2. The summed E-state index contributed by atoms with van der Waals surface area (Å²) in [4.78, 5) is 46.4. The van der Waals surface area contributed by atoms with Crippen molar-refractivity contribution in [3.8, 4) is 0 Å². The molecule has 0 rings (SSSR count). The maximum atomic E-state index is 12.5. The van der Waals surface area contributed by atoms with Gasteiger partial charge in [0.05, 0.1) is 6.04 Å². The van der Waals surface area contributed by atoms with E-state index in [0.29, 0.717) is 12.2 Å². The van der Waals surface area contributed by atoms with Crippen molar-refractivity contribution in [2.24, 2.45) is 11.7 Å². The van der Waals surface area contributed by atoms with Gasteiger partial charge in [0, 0.05) is 6.42 Å². The number of nitrogens with one attached hydrogen (secondary N) is 2. The minimum atomic E-state index is -1.14. The third-order valence-electron chi connectivity index (χ3n) is 3.57. The van der Waals surface area contributed by atoms with Gasteiger partial charge in [-0.15, -0.1) is 0 Å². The van der Waals surface area contributed by atoms with Crippen LogP contribution in [0.25, 0.3) is 0 Å². The van der Waals surface area contributed by atoms with Crippen molar-refractivity contribution >= 4 is 35.5 Å². The Morgan fingerprint density at radius 1 is 1.00 bits per heavy atom. The Kier molecular flexibility index (Phi) is 11.7. The van der Waals surface area contributed by atoms with Gasteiger partial charge in [0.1, 0.15) is 12.1 Å². The quantitative estimate of drug-likeness (QED) is 0.294. The maximum absolute atomic E-state index is 12.5. The molecular weight excluding hydrogens is 362 g/mol. The molecule has 0 spiro atoms. The highest BCUT2D eigenvalue weighted by Gasteiger charge is 2.28. The van der Waals surface area contributed by atoms with Crippen LogP contribution in [0.3, 0.4) is 0 Å². The van der Waals surface area contributed by atoms with Crippen LogP contribution in [-0.2, 0) is 19.2 Å². The molecule has 2 amide bonds. The molecule has 0 saturated carbocycles. The molecule has 0 aromatic rings. The molecule has 150 valence electrons. The smallest absolute Gasteiger partial charge is 0.326 e. The van der Waals surface area contributed by atoms with Crippen molar-refractivity contribution in [2.75, 3.05) is 12.0 Å². The second-order valence-corrected chi connectivity index (χ2v) is 7.40. The Labute approximate surface area is 157 Å². The Morgan fingerprint density at radius 3 is 2.04 bits per heavy atom. The van der Waals surface area contributed by atoms with Gasteiger partial charge in [-0.2, -0.15) is 11.8 Å². The van der Waals surface area contributed by atoms with Crippen LogP contribution in [0.15, 0.2) is 0 Å². The molecule has 0 radical (unpaired) electrons. The van der Waals surface area contributed by atoms with E-state index in [0.717, 1.165) is 0 Å². The summed E-state index contributed by atoms with van der Waals surface area (Å²) in [5.74, 6) is -2.80. The van der Waals surface area contributed by atoms with E-state index < -0.39 is 41.9 Å². The zero-order valence-corrected chi connectivity index (χ0v) is 16.2. The lowest BCUT2D eigenvalue weighted by atomic mass is 10.0. The van der Waals surface area contributed by atoms with Crippen LogP contribution >= 0.6 is 11.8 Å². The first-order valence-electron chi connectivity index (χ1n) is 8.38. The molecule has 10 heteroatoms. The lowest BCUT2D eigenvalue weighted by Crippen LogP contribution is -2.54. The lowest BCUT2D eigenvalue weighted by Gasteiger charge is -2.24. The van der Waals surface area contributed by atoms with Gasteiger partial charge in [-0.1, -0.05) is 13.8 Å². The molecule has 0 aromatic heterocycles. The van der Waals surface area contributed by atoms with E-state index >= 15 is 0 Å². The van der Waals surface area contributed by atoms with E-state index in [-0.39, 0.29) is 25.2 Å². The van der Waals surface area contributed by atoms with E-state index in [1.807, 2.05) is 20.1 Å². The number of thioether (sulfide) groups is 1. The van der Waals surface area contributed by atoms with Crippen molar-refractivity contribution < 1.29 is 29.4 Å². The first-order chi connectivity index (χ1) is 12.1. The molecule has 0 bridgehead atoms. The predicted octanol–water partition coefficient (Wildman–Crippen LogP) is 0.0319. The monoisotopic (exact) mass is 391 g/mol. The molecule has 0 fully saturated rings. The van der Waals surface area contributed by atoms with Crippen molar-refractivity contribution in [1.82, 2.24) is 10.6 Å². The van der Waals surface area contributed by atoms with Crippen LogP contribution in [0.5, 0.6) is 0 Å². The molecule has 26 heavy (non-hydrogen) atoms. The molecule has 0 heterocycles. The van der Waals surface area contributed by atoms with Crippen molar-refractivity contribution in [3.63, 3.8) is 0 Å². The third-order valence-corrected chi connectivity index (χ3v) is 4.22. The minimum Gasteiger partial charge on any atom is -0.481 e. The molecule has 0 aliphatic rings. The average Bonchev–Trinajstić information content (AvgIpc) is 2.54. The topological polar surface area (TPSA) is 159 Å². The van der Waals surface area contributed by atoms with Gasteiger partial charge in [-0.05, 0) is 37.2 Å². The first kappa shape index (κ1) is 24.2. The summed E-state index contributed by atoms with van der Waals surface area (Å²) in [5, 5.41) is 22.8.